The van der Waals surface area contributed by atoms with Crippen molar-refractivity contribution in [1.82, 2.24) is 4.98 Å². The number of hydrogen-bond acceptors (Lipinski definition) is 6. The van der Waals surface area contributed by atoms with E-state index in [-0.39, 0.29) is 17.5 Å². The van der Waals surface area contributed by atoms with E-state index >= 15 is 0 Å². The summed E-state index contributed by atoms with van der Waals surface area (Å²) < 4.78 is 37.7. The summed E-state index contributed by atoms with van der Waals surface area (Å²) in [6, 6.07) is 8.20. The first-order valence-corrected chi connectivity index (χ1v) is 9.11. The third-order valence-electron chi connectivity index (χ3n) is 3.68. The molecule has 8 heteroatoms. The molecule has 3 rings (SSSR count). The van der Waals surface area contributed by atoms with Crippen molar-refractivity contribution in [2.45, 2.75) is 31.2 Å². The van der Waals surface area contributed by atoms with Crippen LogP contribution in [-0.2, 0) is 10.0 Å². The van der Waals surface area contributed by atoms with Crippen molar-refractivity contribution in [2.75, 3.05) is 16.8 Å². The molecule has 24 heavy (non-hydrogen) atoms. The standard InChI is InChI=1S/C16H19N3O4S/c1-3-11(2)18-12-4-7-16(17-9-12)19-24(20,21)13-5-6-14-15(8-13)23-10-22-14/h4-9,11,18H,3,10H2,1-2H3,(H,17,19). The monoisotopic (exact) mass is 349 g/mol. The Morgan fingerprint density at radius 1 is 1.21 bits per heavy atom. The van der Waals surface area contributed by atoms with Crippen molar-refractivity contribution >= 4 is 21.5 Å². The predicted molar refractivity (Wildman–Crippen MR) is 91.0 cm³/mol. The van der Waals surface area contributed by atoms with Gasteiger partial charge in [0, 0.05) is 12.1 Å². The van der Waals surface area contributed by atoms with Gasteiger partial charge in [-0.2, -0.15) is 0 Å². The van der Waals surface area contributed by atoms with Gasteiger partial charge in [0.15, 0.2) is 11.5 Å². The molecule has 0 radical (unpaired) electrons. The van der Waals surface area contributed by atoms with Crippen LogP contribution in [0, 0.1) is 0 Å². The quantitative estimate of drug-likeness (QED) is 0.833. The summed E-state index contributed by atoms with van der Waals surface area (Å²) in [5, 5.41) is 3.27. The summed E-state index contributed by atoms with van der Waals surface area (Å²) in [6.45, 7) is 4.24. The molecule has 0 fully saturated rings. The van der Waals surface area contributed by atoms with Crippen molar-refractivity contribution in [3.8, 4) is 11.5 Å². The SMILES string of the molecule is CCC(C)Nc1ccc(NS(=O)(=O)c2ccc3c(c2)OCO3)nc1. The molecule has 0 spiro atoms. The normalized spacial score (nSPS) is 14.2. The van der Waals surface area contributed by atoms with Gasteiger partial charge in [0.1, 0.15) is 5.82 Å². The third kappa shape index (κ3) is 3.53. The van der Waals surface area contributed by atoms with Crippen LogP contribution in [0.15, 0.2) is 41.4 Å². The predicted octanol–water partition coefficient (Wildman–Crippen LogP) is 2.82. The second-order valence-corrected chi connectivity index (χ2v) is 7.19. The molecular weight excluding hydrogens is 330 g/mol. The van der Waals surface area contributed by atoms with Gasteiger partial charge in [0.05, 0.1) is 16.8 Å². The van der Waals surface area contributed by atoms with Gasteiger partial charge in [-0.1, -0.05) is 6.92 Å². The van der Waals surface area contributed by atoms with E-state index in [0.717, 1.165) is 12.1 Å². The van der Waals surface area contributed by atoms with Crippen LogP contribution >= 0.6 is 0 Å². The molecule has 1 aliphatic heterocycles. The van der Waals surface area contributed by atoms with Gasteiger partial charge in [0.25, 0.3) is 10.0 Å². The van der Waals surface area contributed by atoms with E-state index in [1.807, 2.05) is 0 Å². The van der Waals surface area contributed by atoms with Crippen molar-refractivity contribution in [3.05, 3.63) is 36.5 Å². The van der Waals surface area contributed by atoms with Gasteiger partial charge < -0.3 is 14.8 Å². The summed E-state index contributed by atoms with van der Waals surface area (Å²) in [5.74, 6) is 1.20. The molecule has 2 heterocycles. The Kier molecular flexibility index (Phi) is 4.48. The van der Waals surface area contributed by atoms with Crippen LogP contribution in [0.1, 0.15) is 20.3 Å². The Bertz CT molecular complexity index is 822. The number of ether oxygens (including phenoxy) is 2. The molecule has 1 unspecified atom stereocenters. The highest BCUT2D eigenvalue weighted by molar-refractivity contribution is 7.92. The van der Waals surface area contributed by atoms with E-state index in [1.165, 1.54) is 12.1 Å². The minimum atomic E-state index is -3.74. The summed E-state index contributed by atoms with van der Waals surface area (Å²) in [5.41, 5.74) is 0.843. The van der Waals surface area contributed by atoms with Crippen LogP contribution in [0.5, 0.6) is 11.5 Å². The lowest BCUT2D eigenvalue weighted by molar-refractivity contribution is 0.174. The summed E-state index contributed by atoms with van der Waals surface area (Å²) in [7, 11) is -3.74. The van der Waals surface area contributed by atoms with E-state index in [1.54, 1.807) is 24.4 Å². The van der Waals surface area contributed by atoms with Crippen LogP contribution < -0.4 is 19.5 Å². The fraction of sp³-hybridized carbons (Fsp3) is 0.312. The van der Waals surface area contributed by atoms with Crippen LogP contribution in [0.25, 0.3) is 0 Å². The Hall–Kier alpha value is -2.48. The first kappa shape index (κ1) is 16.4. The third-order valence-corrected chi connectivity index (χ3v) is 5.03. The van der Waals surface area contributed by atoms with E-state index in [9.17, 15) is 8.42 Å². The molecule has 7 nitrogen and oxygen atoms in total. The fourth-order valence-corrected chi connectivity index (χ4v) is 3.19. The number of fused-ring (bicyclic) bond motifs is 1. The van der Waals surface area contributed by atoms with Gasteiger partial charge in [-0.3, -0.25) is 4.72 Å². The van der Waals surface area contributed by atoms with Gasteiger partial charge in [-0.15, -0.1) is 0 Å². The van der Waals surface area contributed by atoms with Crippen LogP contribution in [0.2, 0.25) is 0 Å². The molecular formula is C16H19N3O4S. The minimum Gasteiger partial charge on any atom is -0.454 e. The highest BCUT2D eigenvalue weighted by Crippen LogP contribution is 2.34. The Labute approximate surface area is 141 Å². The molecule has 1 atom stereocenters. The number of nitrogens with zero attached hydrogens (tertiary/aromatic N) is 1. The zero-order valence-electron chi connectivity index (χ0n) is 13.4. The maximum atomic E-state index is 12.4. The Morgan fingerprint density at radius 3 is 2.71 bits per heavy atom. The van der Waals surface area contributed by atoms with Gasteiger partial charge in [-0.25, -0.2) is 13.4 Å². The molecule has 1 aliphatic rings. The lowest BCUT2D eigenvalue weighted by Gasteiger charge is -2.13. The molecule has 0 aliphatic carbocycles. The lowest BCUT2D eigenvalue weighted by Crippen LogP contribution is -2.15. The number of aromatic nitrogens is 1. The smallest absolute Gasteiger partial charge is 0.263 e. The molecule has 1 aromatic carbocycles. The Morgan fingerprint density at radius 2 is 2.00 bits per heavy atom. The van der Waals surface area contributed by atoms with Gasteiger partial charge >= 0.3 is 0 Å². The van der Waals surface area contributed by atoms with Gasteiger partial charge in [0.2, 0.25) is 6.79 Å². The van der Waals surface area contributed by atoms with Crippen LogP contribution in [-0.4, -0.2) is 26.2 Å². The van der Waals surface area contributed by atoms with Crippen molar-refractivity contribution in [1.29, 1.82) is 0 Å². The average molecular weight is 349 g/mol. The second-order valence-electron chi connectivity index (χ2n) is 5.51. The van der Waals surface area contributed by atoms with Crippen LogP contribution in [0.3, 0.4) is 0 Å². The van der Waals surface area contributed by atoms with Crippen molar-refractivity contribution in [3.63, 3.8) is 0 Å². The first-order chi connectivity index (χ1) is 11.5. The van der Waals surface area contributed by atoms with E-state index in [0.29, 0.717) is 17.5 Å². The summed E-state index contributed by atoms with van der Waals surface area (Å²) >= 11 is 0. The maximum absolute atomic E-state index is 12.4. The summed E-state index contributed by atoms with van der Waals surface area (Å²) in [4.78, 5) is 4.23. The topological polar surface area (TPSA) is 89.5 Å². The van der Waals surface area contributed by atoms with E-state index < -0.39 is 10.0 Å². The largest absolute Gasteiger partial charge is 0.454 e. The molecule has 0 amide bonds. The molecule has 0 saturated carbocycles. The molecule has 0 saturated heterocycles. The molecule has 2 aromatic rings. The number of rotatable bonds is 6. The summed E-state index contributed by atoms with van der Waals surface area (Å²) in [6.07, 6.45) is 2.59. The number of benzene rings is 1. The number of nitrogens with one attached hydrogen (secondary N) is 2. The maximum Gasteiger partial charge on any atom is 0.263 e. The number of hydrogen-bond donors (Lipinski definition) is 2. The van der Waals surface area contributed by atoms with E-state index in [4.69, 9.17) is 9.47 Å². The van der Waals surface area contributed by atoms with Crippen molar-refractivity contribution in [2.24, 2.45) is 0 Å². The highest BCUT2D eigenvalue weighted by Gasteiger charge is 2.20. The zero-order valence-corrected chi connectivity index (χ0v) is 14.3. The molecule has 128 valence electrons. The molecule has 0 bridgehead atoms. The Balaban J connectivity index is 1.74. The first-order valence-electron chi connectivity index (χ1n) is 7.63. The fourth-order valence-electron chi connectivity index (χ4n) is 2.17. The number of sulfonamides is 1. The minimum absolute atomic E-state index is 0.0929. The van der Waals surface area contributed by atoms with Gasteiger partial charge in [-0.05, 0) is 37.6 Å². The molecule has 2 N–H and O–H groups in total. The van der Waals surface area contributed by atoms with E-state index in [2.05, 4.69) is 28.9 Å². The number of pyridine rings is 1. The number of anilines is 2. The zero-order chi connectivity index (χ0) is 17.2. The highest BCUT2D eigenvalue weighted by atomic mass is 32.2. The van der Waals surface area contributed by atoms with Crippen molar-refractivity contribution < 1.29 is 17.9 Å². The molecule has 1 aromatic heterocycles. The van der Waals surface area contributed by atoms with Crippen LogP contribution in [0.4, 0.5) is 11.5 Å². The average Bonchev–Trinajstić information content (AvgIpc) is 3.04. The lowest BCUT2D eigenvalue weighted by atomic mass is 10.2. The second kappa shape index (κ2) is 6.56.